The summed E-state index contributed by atoms with van der Waals surface area (Å²) in [5, 5.41) is 14.9. The van der Waals surface area contributed by atoms with Crippen LogP contribution in [0.4, 0.5) is 11.4 Å². The first-order valence-corrected chi connectivity index (χ1v) is 9.20. The van der Waals surface area contributed by atoms with Gasteiger partial charge in [0.1, 0.15) is 0 Å². The van der Waals surface area contributed by atoms with Crippen LogP contribution < -0.4 is 4.90 Å². The van der Waals surface area contributed by atoms with Gasteiger partial charge in [0, 0.05) is 49.6 Å². The minimum absolute atomic E-state index is 0.115. The van der Waals surface area contributed by atoms with Crippen molar-refractivity contribution in [3.63, 3.8) is 0 Å². The third-order valence-electron chi connectivity index (χ3n) is 4.93. The van der Waals surface area contributed by atoms with Gasteiger partial charge in [0.25, 0.3) is 11.6 Å². The van der Waals surface area contributed by atoms with E-state index in [9.17, 15) is 10.1 Å². The molecule has 8 heteroatoms. The van der Waals surface area contributed by atoms with Crippen LogP contribution in [0.25, 0.3) is 11.5 Å². The van der Waals surface area contributed by atoms with Crippen molar-refractivity contribution in [1.82, 2.24) is 15.0 Å². The normalized spacial score (nSPS) is 15.0. The molecule has 1 aliphatic heterocycles. The molecule has 0 spiro atoms. The molecule has 0 unspecified atom stereocenters. The Balaban J connectivity index is 1.33. The molecular weight excluding hydrogens is 358 g/mol. The number of non-ortho nitro benzene ring substituents is 1. The topological polar surface area (TPSA) is 88.5 Å². The number of aryl methyl sites for hydroxylation is 1. The van der Waals surface area contributed by atoms with Crippen LogP contribution in [0.15, 0.2) is 53.1 Å². The summed E-state index contributed by atoms with van der Waals surface area (Å²) in [4.78, 5) is 19.4. The maximum absolute atomic E-state index is 10.8. The lowest BCUT2D eigenvalue weighted by molar-refractivity contribution is -0.384. The zero-order valence-corrected chi connectivity index (χ0v) is 15.6. The highest BCUT2D eigenvalue weighted by molar-refractivity contribution is 5.53. The summed E-state index contributed by atoms with van der Waals surface area (Å²) in [5.41, 5.74) is 3.23. The molecule has 4 rings (SSSR count). The van der Waals surface area contributed by atoms with Gasteiger partial charge < -0.3 is 9.42 Å². The number of nitrogens with zero attached hydrogens (tertiary/aromatic N) is 5. The van der Waals surface area contributed by atoms with Crippen molar-refractivity contribution in [2.45, 2.75) is 13.5 Å². The third-order valence-corrected chi connectivity index (χ3v) is 4.93. The number of hydrogen-bond acceptors (Lipinski definition) is 7. The largest absolute Gasteiger partial charge is 0.369 e. The number of nitro groups is 1. The monoisotopic (exact) mass is 379 g/mol. The van der Waals surface area contributed by atoms with Gasteiger partial charge in [0.2, 0.25) is 0 Å². The summed E-state index contributed by atoms with van der Waals surface area (Å²) in [5.74, 6) is 1.22. The SMILES string of the molecule is Cc1ccc(-c2nc(CN3CCN(c4ccc([N+](=O)[O-])cc4)CC3)no2)cc1. The first-order chi connectivity index (χ1) is 13.6. The fraction of sp³-hybridized carbons (Fsp3) is 0.300. The summed E-state index contributed by atoms with van der Waals surface area (Å²) in [6.45, 7) is 6.11. The average Bonchev–Trinajstić information content (AvgIpc) is 3.18. The lowest BCUT2D eigenvalue weighted by atomic mass is 10.1. The van der Waals surface area contributed by atoms with Gasteiger partial charge >= 0.3 is 0 Å². The second kappa shape index (κ2) is 7.77. The predicted molar refractivity (Wildman–Crippen MR) is 105 cm³/mol. The van der Waals surface area contributed by atoms with Gasteiger partial charge in [0.15, 0.2) is 5.82 Å². The minimum Gasteiger partial charge on any atom is -0.369 e. The van der Waals surface area contributed by atoms with Crippen LogP contribution in [0.2, 0.25) is 0 Å². The Bertz CT molecular complexity index is 945. The van der Waals surface area contributed by atoms with Crippen LogP contribution >= 0.6 is 0 Å². The summed E-state index contributed by atoms with van der Waals surface area (Å²) in [6.07, 6.45) is 0. The number of piperazine rings is 1. The summed E-state index contributed by atoms with van der Waals surface area (Å²) >= 11 is 0. The Morgan fingerprint density at radius 2 is 1.71 bits per heavy atom. The highest BCUT2D eigenvalue weighted by Crippen LogP contribution is 2.22. The molecule has 28 heavy (non-hydrogen) atoms. The van der Waals surface area contributed by atoms with Gasteiger partial charge in [-0.1, -0.05) is 22.9 Å². The molecule has 0 N–H and O–H groups in total. The highest BCUT2D eigenvalue weighted by atomic mass is 16.6. The summed E-state index contributed by atoms with van der Waals surface area (Å²) in [7, 11) is 0. The molecule has 0 amide bonds. The fourth-order valence-corrected chi connectivity index (χ4v) is 3.28. The van der Waals surface area contributed by atoms with E-state index in [1.165, 1.54) is 5.56 Å². The van der Waals surface area contributed by atoms with Crippen molar-refractivity contribution in [3.05, 3.63) is 70.0 Å². The zero-order chi connectivity index (χ0) is 19.5. The Kier molecular flexibility index (Phi) is 5.03. The van der Waals surface area contributed by atoms with Gasteiger partial charge in [0.05, 0.1) is 11.5 Å². The van der Waals surface area contributed by atoms with Crippen LogP contribution in [-0.4, -0.2) is 46.1 Å². The molecule has 0 bridgehead atoms. The number of aromatic nitrogens is 2. The van der Waals surface area contributed by atoms with E-state index in [1.807, 2.05) is 31.2 Å². The molecule has 1 aliphatic rings. The third kappa shape index (κ3) is 4.01. The molecule has 2 heterocycles. The number of benzene rings is 2. The first kappa shape index (κ1) is 18.1. The van der Waals surface area contributed by atoms with Crippen LogP contribution in [0, 0.1) is 17.0 Å². The van der Waals surface area contributed by atoms with E-state index in [2.05, 4.69) is 19.9 Å². The Labute approximate surface area is 162 Å². The van der Waals surface area contributed by atoms with E-state index in [0.29, 0.717) is 18.3 Å². The smallest absolute Gasteiger partial charge is 0.269 e. The Hall–Kier alpha value is -3.26. The Morgan fingerprint density at radius 3 is 2.36 bits per heavy atom. The second-order valence-corrected chi connectivity index (χ2v) is 6.92. The summed E-state index contributed by atoms with van der Waals surface area (Å²) in [6, 6.07) is 14.7. The van der Waals surface area contributed by atoms with Gasteiger partial charge in [-0.2, -0.15) is 4.98 Å². The highest BCUT2D eigenvalue weighted by Gasteiger charge is 2.20. The molecular formula is C20H21N5O3. The van der Waals surface area contributed by atoms with E-state index in [0.717, 1.165) is 37.4 Å². The zero-order valence-electron chi connectivity index (χ0n) is 15.6. The first-order valence-electron chi connectivity index (χ1n) is 9.20. The molecule has 3 aromatic rings. The molecule has 1 fully saturated rings. The molecule has 0 saturated carbocycles. The van der Waals surface area contributed by atoms with Crippen molar-refractivity contribution in [1.29, 1.82) is 0 Å². The van der Waals surface area contributed by atoms with Crippen LogP contribution in [0.5, 0.6) is 0 Å². The van der Waals surface area contributed by atoms with E-state index >= 15 is 0 Å². The second-order valence-electron chi connectivity index (χ2n) is 6.92. The quantitative estimate of drug-likeness (QED) is 0.496. The fourth-order valence-electron chi connectivity index (χ4n) is 3.28. The van der Waals surface area contributed by atoms with E-state index in [4.69, 9.17) is 4.52 Å². The molecule has 0 radical (unpaired) electrons. The molecule has 1 aromatic heterocycles. The van der Waals surface area contributed by atoms with Crippen LogP contribution in [0.1, 0.15) is 11.4 Å². The molecule has 1 saturated heterocycles. The minimum atomic E-state index is -0.377. The lowest BCUT2D eigenvalue weighted by Gasteiger charge is -2.35. The van der Waals surface area contributed by atoms with Crippen molar-refractivity contribution in [2.24, 2.45) is 0 Å². The summed E-state index contributed by atoms with van der Waals surface area (Å²) < 4.78 is 5.40. The number of anilines is 1. The van der Waals surface area contributed by atoms with Crippen molar-refractivity contribution >= 4 is 11.4 Å². The number of nitro benzene ring substituents is 1. The van der Waals surface area contributed by atoms with Gasteiger partial charge in [-0.05, 0) is 31.2 Å². The Morgan fingerprint density at radius 1 is 1.04 bits per heavy atom. The molecule has 2 aromatic carbocycles. The van der Waals surface area contributed by atoms with Crippen LogP contribution in [-0.2, 0) is 6.54 Å². The van der Waals surface area contributed by atoms with Gasteiger partial charge in [-0.15, -0.1) is 0 Å². The van der Waals surface area contributed by atoms with Crippen molar-refractivity contribution in [2.75, 3.05) is 31.1 Å². The predicted octanol–water partition coefficient (Wildman–Crippen LogP) is 3.28. The van der Waals surface area contributed by atoms with Gasteiger partial charge in [-0.25, -0.2) is 0 Å². The number of hydrogen-bond donors (Lipinski definition) is 0. The molecule has 0 atom stereocenters. The average molecular weight is 379 g/mol. The van der Waals surface area contributed by atoms with Crippen molar-refractivity contribution < 1.29 is 9.45 Å². The van der Waals surface area contributed by atoms with E-state index in [-0.39, 0.29) is 10.6 Å². The number of rotatable bonds is 5. The maximum atomic E-state index is 10.8. The van der Waals surface area contributed by atoms with E-state index in [1.54, 1.807) is 24.3 Å². The van der Waals surface area contributed by atoms with Crippen molar-refractivity contribution in [3.8, 4) is 11.5 Å². The molecule has 8 nitrogen and oxygen atoms in total. The maximum Gasteiger partial charge on any atom is 0.269 e. The lowest BCUT2D eigenvalue weighted by Crippen LogP contribution is -2.46. The van der Waals surface area contributed by atoms with E-state index < -0.39 is 0 Å². The van der Waals surface area contributed by atoms with Gasteiger partial charge in [-0.3, -0.25) is 15.0 Å². The molecule has 144 valence electrons. The van der Waals surface area contributed by atoms with Crippen LogP contribution in [0.3, 0.4) is 0 Å². The standard InChI is InChI=1S/C20H21N5O3/c1-15-2-4-16(5-3-15)20-21-19(22-28-20)14-23-10-12-24(13-11-23)17-6-8-18(9-7-17)25(26)27/h2-9H,10-14H2,1H3. The molecule has 0 aliphatic carbocycles.